The average Bonchev–Trinajstić information content (AvgIpc) is 2.46. The molecule has 0 aliphatic heterocycles. The zero-order valence-electron chi connectivity index (χ0n) is 8.37. The number of hydrogen-bond acceptors (Lipinski definition) is 2. The van der Waals surface area contributed by atoms with Gasteiger partial charge in [0, 0.05) is 21.0 Å². The van der Waals surface area contributed by atoms with Crippen LogP contribution in [0.1, 0.15) is 9.75 Å². The second kappa shape index (κ2) is 3.46. The van der Waals surface area contributed by atoms with E-state index in [1.54, 1.807) is 0 Å². The van der Waals surface area contributed by atoms with Gasteiger partial charge < -0.3 is 5.73 Å². The van der Waals surface area contributed by atoms with Gasteiger partial charge in [-0.3, -0.25) is 0 Å². The fraction of sp³-hybridized carbons (Fsp3) is 0.167. The molecule has 0 aliphatic rings. The van der Waals surface area contributed by atoms with Crippen molar-refractivity contribution in [2.45, 2.75) is 13.8 Å². The van der Waals surface area contributed by atoms with Crippen LogP contribution in [0.15, 0.2) is 30.3 Å². The molecule has 0 aliphatic carbocycles. The van der Waals surface area contributed by atoms with Gasteiger partial charge in [0.25, 0.3) is 0 Å². The summed E-state index contributed by atoms with van der Waals surface area (Å²) in [5.74, 6) is 0. The fourth-order valence-electron chi connectivity index (χ4n) is 1.64. The molecule has 0 fully saturated rings. The first-order chi connectivity index (χ1) is 6.68. The van der Waals surface area contributed by atoms with Gasteiger partial charge >= 0.3 is 0 Å². The molecule has 0 spiro atoms. The van der Waals surface area contributed by atoms with Gasteiger partial charge in [-0.15, -0.1) is 11.3 Å². The van der Waals surface area contributed by atoms with Crippen molar-refractivity contribution in [2.75, 3.05) is 5.73 Å². The Balaban J connectivity index is 2.60. The van der Waals surface area contributed by atoms with Crippen molar-refractivity contribution >= 4 is 17.0 Å². The number of hydrogen-bond donors (Lipinski definition) is 1. The van der Waals surface area contributed by atoms with Crippen molar-refractivity contribution in [3.8, 4) is 11.1 Å². The Hall–Kier alpha value is -1.28. The van der Waals surface area contributed by atoms with Crippen molar-refractivity contribution in [3.05, 3.63) is 40.1 Å². The third-order valence-electron chi connectivity index (χ3n) is 2.29. The van der Waals surface area contributed by atoms with Gasteiger partial charge in [0.2, 0.25) is 0 Å². The Bertz CT molecular complexity index is 457. The van der Waals surface area contributed by atoms with Crippen molar-refractivity contribution in [1.29, 1.82) is 0 Å². The molecule has 0 unspecified atom stereocenters. The van der Waals surface area contributed by atoms with Gasteiger partial charge in [0.1, 0.15) is 0 Å². The predicted octanol–water partition coefficient (Wildman–Crippen LogP) is 3.61. The second-order valence-electron chi connectivity index (χ2n) is 3.41. The molecule has 72 valence electrons. The highest BCUT2D eigenvalue weighted by molar-refractivity contribution is 7.12. The van der Waals surface area contributed by atoms with E-state index in [0.717, 1.165) is 11.3 Å². The van der Waals surface area contributed by atoms with Crippen molar-refractivity contribution in [3.63, 3.8) is 0 Å². The zero-order valence-corrected chi connectivity index (χ0v) is 9.19. The standard InChI is InChI=1S/C12H13NS/c1-8-7-11(9(2)14-8)10-5-3-4-6-12(10)13/h3-7H,13H2,1-2H3. The topological polar surface area (TPSA) is 26.0 Å². The van der Waals surface area contributed by atoms with E-state index >= 15 is 0 Å². The molecule has 14 heavy (non-hydrogen) atoms. The summed E-state index contributed by atoms with van der Waals surface area (Å²) in [7, 11) is 0. The highest BCUT2D eigenvalue weighted by Gasteiger charge is 2.07. The Morgan fingerprint density at radius 1 is 1.07 bits per heavy atom. The number of para-hydroxylation sites is 1. The average molecular weight is 203 g/mol. The summed E-state index contributed by atoms with van der Waals surface area (Å²) in [6.07, 6.45) is 0. The molecule has 1 nitrogen and oxygen atoms in total. The highest BCUT2D eigenvalue weighted by atomic mass is 32.1. The molecule has 0 radical (unpaired) electrons. The second-order valence-corrected chi connectivity index (χ2v) is 4.87. The van der Waals surface area contributed by atoms with Crippen LogP contribution in [-0.2, 0) is 0 Å². The lowest BCUT2D eigenvalue weighted by atomic mass is 10.0. The summed E-state index contributed by atoms with van der Waals surface area (Å²) < 4.78 is 0. The van der Waals surface area contributed by atoms with Gasteiger partial charge in [0.05, 0.1) is 0 Å². The molecule has 2 aromatic rings. The summed E-state index contributed by atoms with van der Waals surface area (Å²) in [5.41, 5.74) is 9.21. The largest absolute Gasteiger partial charge is 0.398 e. The zero-order chi connectivity index (χ0) is 10.1. The van der Waals surface area contributed by atoms with E-state index in [9.17, 15) is 0 Å². The van der Waals surface area contributed by atoms with Crippen molar-refractivity contribution in [1.82, 2.24) is 0 Å². The van der Waals surface area contributed by atoms with Crippen LogP contribution in [0, 0.1) is 13.8 Å². The molecule has 1 heterocycles. The van der Waals surface area contributed by atoms with Gasteiger partial charge in [-0.05, 0) is 31.5 Å². The minimum absolute atomic E-state index is 0.855. The van der Waals surface area contributed by atoms with Crippen LogP contribution in [0.4, 0.5) is 5.69 Å². The Labute approximate surface area is 88.2 Å². The minimum Gasteiger partial charge on any atom is -0.398 e. The van der Waals surface area contributed by atoms with E-state index in [-0.39, 0.29) is 0 Å². The normalized spacial score (nSPS) is 10.4. The van der Waals surface area contributed by atoms with E-state index < -0.39 is 0 Å². The number of anilines is 1. The lowest BCUT2D eigenvalue weighted by Gasteiger charge is -2.03. The number of nitrogens with two attached hydrogens (primary N) is 1. The molecule has 2 N–H and O–H groups in total. The predicted molar refractivity (Wildman–Crippen MR) is 63.6 cm³/mol. The molecule has 0 saturated carbocycles. The monoisotopic (exact) mass is 203 g/mol. The van der Waals surface area contributed by atoms with Gasteiger partial charge in [0.15, 0.2) is 0 Å². The van der Waals surface area contributed by atoms with Crippen LogP contribution in [0.2, 0.25) is 0 Å². The molecule has 2 heteroatoms. The third-order valence-corrected chi connectivity index (χ3v) is 3.26. The summed E-state index contributed by atoms with van der Waals surface area (Å²) in [5, 5.41) is 0. The first-order valence-corrected chi connectivity index (χ1v) is 5.42. The van der Waals surface area contributed by atoms with Crippen LogP contribution in [0.3, 0.4) is 0 Å². The summed E-state index contributed by atoms with van der Waals surface area (Å²) >= 11 is 1.82. The van der Waals surface area contributed by atoms with Gasteiger partial charge in [-0.2, -0.15) is 0 Å². The van der Waals surface area contributed by atoms with E-state index in [2.05, 4.69) is 26.0 Å². The smallest absolute Gasteiger partial charge is 0.0394 e. The van der Waals surface area contributed by atoms with Crippen LogP contribution < -0.4 is 5.73 Å². The summed E-state index contributed by atoms with van der Waals surface area (Å²) in [4.78, 5) is 2.67. The SMILES string of the molecule is Cc1cc(-c2ccccc2N)c(C)s1. The van der Waals surface area contributed by atoms with Crippen molar-refractivity contribution < 1.29 is 0 Å². The first-order valence-electron chi connectivity index (χ1n) is 4.60. The summed E-state index contributed by atoms with van der Waals surface area (Å²) in [6, 6.07) is 10.2. The van der Waals surface area contributed by atoms with E-state index in [0.29, 0.717) is 0 Å². The van der Waals surface area contributed by atoms with E-state index in [4.69, 9.17) is 5.73 Å². The van der Waals surface area contributed by atoms with Gasteiger partial charge in [-0.25, -0.2) is 0 Å². The quantitative estimate of drug-likeness (QED) is 0.704. The van der Waals surface area contributed by atoms with Crippen LogP contribution >= 0.6 is 11.3 Å². The Kier molecular flexibility index (Phi) is 2.30. The third kappa shape index (κ3) is 1.53. The van der Waals surface area contributed by atoms with Crippen LogP contribution in [-0.4, -0.2) is 0 Å². The number of thiophene rings is 1. The molecular weight excluding hydrogens is 190 g/mol. The number of benzene rings is 1. The maximum absolute atomic E-state index is 5.94. The Morgan fingerprint density at radius 3 is 2.36 bits per heavy atom. The number of nitrogen functional groups attached to an aromatic ring is 1. The molecule has 1 aromatic heterocycles. The molecule has 2 rings (SSSR count). The number of rotatable bonds is 1. The highest BCUT2D eigenvalue weighted by Crippen LogP contribution is 2.33. The minimum atomic E-state index is 0.855. The maximum atomic E-state index is 5.94. The van der Waals surface area contributed by atoms with E-state index in [1.165, 1.54) is 15.3 Å². The molecule has 0 amide bonds. The van der Waals surface area contributed by atoms with Crippen molar-refractivity contribution in [2.24, 2.45) is 0 Å². The van der Waals surface area contributed by atoms with E-state index in [1.807, 2.05) is 29.5 Å². The number of aryl methyl sites for hydroxylation is 2. The van der Waals surface area contributed by atoms with Gasteiger partial charge in [-0.1, -0.05) is 18.2 Å². The fourth-order valence-corrected chi connectivity index (χ4v) is 2.58. The first kappa shape index (κ1) is 9.28. The molecule has 0 saturated heterocycles. The molecular formula is C12H13NS. The lowest BCUT2D eigenvalue weighted by molar-refractivity contribution is 1.56. The molecule has 1 aromatic carbocycles. The molecule has 0 atom stereocenters. The summed E-state index contributed by atoms with van der Waals surface area (Å²) in [6.45, 7) is 4.26. The van der Waals surface area contributed by atoms with Crippen LogP contribution in [0.25, 0.3) is 11.1 Å². The maximum Gasteiger partial charge on any atom is 0.0394 e. The Morgan fingerprint density at radius 2 is 1.79 bits per heavy atom. The van der Waals surface area contributed by atoms with Crippen LogP contribution in [0.5, 0.6) is 0 Å². The lowest BCUT2D eigenvalue weighted by Crippen LogP contribution is -1.88. The molecule has 0 bridgehead atoms.